The molecule has 0 unspecified atom stereocenters. The summed E-state index contributed by atoms with van der Waals surface area (Å²) < 4.78 is 12.7. The molecule has 100 valence electrons. The Morgan fingerprint density at radius 2 is 1.83 bits per heavy atom. The molecule has 1 aromatic carbocycles. The van der Waals surface area contributed by atoms with E-state index < -0.39 is 5.41 Å². The lowest BCUT2D eigenvalue weighted by Crippen LogP contribution is -2.45. The van der Waals surface area contributed by atoms with E-state index in [0.29, 0.717) is 13.1 Å². The van der Waals surface area contributed by atoms with Crippen LogP contribution >= 0.6 is 0 Å². The average molecular weight is 252 g/mol. The zero-order valence-electron chi connectivity index (χ0n) is 11.0. The van der Waals surface area contributed by atoms with E-state index in [0.717, 1.165) is 18.4 Å². The topological polar surface area (TPSA) is 55.1 Å². The van der Waals surface area contributed by atoms with E-state index in [4.69, 9.17) is 5.73 Å². The number of amides is 1. The molecule has 1 rings (SSSR count). The third kappa shape index (κ3) is 3.29. The maximum absolute atomic E-state index is 12.7. The molecular weight excluding hydrogens is 231 g/mol. The van der Waals surface area contributed by atoms with Crippen LogP contribution in [0.15, 0.2) is 24.3 Å². The van der Waals surface area contributed by atoms with Gasteiger partial charge in [0, 0.05) is 13.1 Å². The molecule has 0 aliphatic rings. The Balaban J connectivity index is 2.62. The van der Waals surface area contributed by atoms with E-state index in [1.807, 2.05) is 13.8 Å². The summed E-state index contributed by atoms with van der Waals surface area (Å²) in [6.07, 6.45) is 1.44. The highest BCUT2D eigenvalue weighted by Gasteiger charge is 2.32. The minimum absolute atomic E-state index is 0.0284. The van der Waals surface area contributed by atoms with Crippen molar-refractivity contribution in [3.05, 3.63) is 35.6 Å². The molecule has 0 aliphatic carbocycles. The Morgan fingerprint density at radius 1 is 1.28 bits per heavy atom. The van der Waals surface area contributed by atoms with Crippen LogP contribution in [0.25, 0.3) is 0 Å². The third-order valence-electron chi connectivity index (χ3n) is 3.59. The van der Waals surface area contributed by atoms with Crippen molar-refractivity contribution in [3.63, 3.8) is 0 Å². The first-order valence-electron chi connectivity index (χ1n) is 6.30. The molecule has 0 saturated carbocycles. The second kappa shape index (κ2) is 6.50. The standard InChI is InChI=1S/C14H21FN2O/c1-3-14(4-2,10-16)13(18)17-9-11-5-7-12(15)8-6-11/h5-8H,3-4,9-10,16H2,1-2H3,(H,17,18). The van der Waals surface area contributed by atoms with Gasteiger partial charge in [-0.25, -0.2) is 4.39 Å². The Labute approximate surface area is 108 Å². The van der Waals surface area contributed by atoms with Gasteiger partial charge in [0.1, 0.15) is 5.82 Å². The van der Waals surface area contributed by atoms with Gasteiger partial charge in [-0.1, -0.05) is 26.0 Å². The van der Waals surface area contributed by atoms with Gasteiger partial charge in [0.15, 0.2) is 0 Å². The number of rotatable bonds is 6. The molecule has 1 amide bonds. The lowest BCUT2D eigenvalue weighted by atomic mass is 9.81. The quantitative estimate of drug-likeness (QED) is 0.815. The number of hydrogen-bond acceptors (Lipinski definition) is 2. The molecule has 0 aliphatic heterocycles. The molecular formula is C14H21FN2O. The summed E-state index contributed by atoms with van der Waals surface area (Å²) in [5, 5.41) is 2.87. The van der Waals surface area contributed by atoms with E-state index in [2.05, 4.69) is 5.32 Å². The van der Waals surface area contributed by atoms with Crippen molar-refractivity contribution >= 4 is 5.91 Å². The molecule has 0 fully saturated rings. The van der Waals surface area contributed by atoms with Crippen molar-refractivity contribution in [2.75, 3.05) is 6.54 Å². The van der Waals surface area contributed by atoms with Crippen molar-refractivity contribution in [1.29, 1.82) is 0 Å². The Bertz CT molecular complexity index is 377. The van der Waals surface area contributed by atoms with Gasteiger partial charge >= 0.3 is 0 Å². The number of nitrogens with one attached hydrogen (secondary N) is 1. The second-order valence-electron chi connectivity index (χ2n) is 4.50. The van der Waals surface area contributed by atoms with Gasteiger partial charge in [-0.15, -0.1) is 0 Å². The van der Waals surface area contributed by atoms with Crippen LogP contribution in [0.2, 0.25) is 0 Å². The minimum Gasteiger partial charge on any atom is -0.352 e. The van der Waals surface area contributed by atoms with E-state index >= 15 is 0 Å². The van der Waals surface area contributed by atoms with E-state index in [1.165, 1.54) is 12.1 Å². The normalized spacial score (nSPS) is 11.3. The fourth-order valence-electron chi connectivity index (χ4n) is 1.92. The predicted octanol–water partition coefficient (Wildman–Crippen LogP) is 2.21. The minimum atomic E-state index is -0.486. The molecule has 1 aromatic rings. The highest BCUT2D eigenvalue weighted by atomic mass is 19.1. The number of carbonyl (C=O) groups is 1. The molecule has 0 aromatic heterocycles. The number of nitrogens with two attached hydrogens (primary N) is 1. The Morgan fingerprint density at radius 3 is 2.28 bits per heavy atom. The SMILES string of the molecule is CCC(CC)(CN)C(=O)NCc1ccc(F)cc1. The predicted molar refractivity (Wildman–Crippen MR) is 70.3 cm³/mol. The summed E-state index contributed by atoms with van der Waals surface area (Å²) in [5.41, 5.74) is 6.10. The first kappa shape index (κ1) is 14.6. The Kier molecular flexibility index (Phi) is 5.28. The van der Waals surface area contributed by atoms with E-state index in [9.17, 15) is 9.18 Å². The van der Waals surface area contributed by atoms with Crippen LogP contribution in [-0.4, -0.2) is 12.5 Å². The first-order chi connectivity index (χ1) is 8.57. The van der Waals surface area contributed by atoms with Crippen LogP contribution < -0.4 is 11.1 Å². The molecule has 0 radical (unpaired) electrons. The second-order valence-corrected chi connectivity index (χ2v) is 4.50. The highest BCUT2D eigenvalue weighted by molar-refractivity contribution is 5.82. The number of halogens is 1. The summed E-state index contributed by atoms with van der Waals surface area (Å²) in [6.45, 7) is 4.68. The van der Waals surface area contributed by atoms with Crippen molar-refractivity contribution < 1.29 is 9.18 Å². The van der Waals surface area contributed by atoms with Crippen LogP contribution in [-0.2, 0) is 11.3 Å². The smallest absolute Gasteiger partial charge is 0.227 e. The van der Waals surface area contributed by atoms with Crippen LogP contribution in [0.3, 0.4) is 0 Å². The summed E-state index contributed by atoms with van der Waals surface area (Å²) >= 11 is 0. The molecule has 0 bridgehead atoms. The van der Waals surface area contributed by atoms with E-state index in [-0.39, 0.29) is 11.7 Å². The summed E-state index contributed by atoms with van der Waals surface area (Å²) in [7, 11) is 0. The molecule has 3 N–H and O–H groups in total. The average Bonchev–Trinajstić information content (AvgIpc) is 2.41. The molecule has 18 heavy (non-hydrogen) atoms. The van der Waals surface area contributed by atoms with Crippen molar-refractivity contribution in [1.82, 2.24) is 5.32 Å². The zero-order valence-corrected chi connectivity index (χ0v) is 11.0. The summed E-state index contributed by atoms with van der Waals surface area (Å²) in [5.74, 6) is -0.303. The van der Waals surface area contributed by atoms with Crippen molar-refractivity contribution in [2.24, 2.45) is 11.1 Å². The Hall–Kier alpha value is -1.42. The van der Waals surface area contributed by atoms with Crippen molar-refractivity contribution in [2.45, 2.75) is 33.2 Å². The summed E-state index contributed by atoms with van der Waals surface area (Å²) in [6, 6.07) is 6.10. The van der Waals surface area contributed by atoms with Crippen LogP contribution in [0.4, 0.5) is 4.39 Å². The number of hydrogen-bond donors (Lipinski definition) is 2. The van der Waals surface area contributed by atoms with Crippen LogP contribution in [0.1, 0.15) is 32.3 Å². The monoisotopic (exact) mass is 252 g/mol. The molecule has 0 saturated heterocycles. The molecule has 0 heterocycles. The van der Waals surface area contributed by atoms with Gasteiger partial charge in [0.2, 0.25) is 5.91 Å². The van der Waals surface area contributed by atoms with Gasteiger partial charge in [-0.05, 0) is 30.5 Å². The highest BCUT2D eigenvalue weighted by Crippen LogP contribution is 2.25. The fraction of sp³-hybridized carbons (Fsp3) is 0.500. The van der Waals surface area contributed by atoms with Crippen molar-refractivity contribution in [3.8, 4) is 0 Å². The molecule has 4 heteroatoms. The number of carbonyl (C=O) groups excluding carboxylic acids is 1. The van der Waals surface area contributed by atoms with Gasteiger partial charge in [0.05, 0.1) is 5.41 Å². The van der Waals surface area contributed by atoms with Gasteiger partial charge in [0.25, 0.3) is 0 Å². The van der Waals surface area contributed by atoms with Gasteiger partial charge < -0.3 is 11.1 Å². The molecule has 3 nitrogen and oxygen atoms in total. The third-order valence-corrected chi connectivity index (χ3v) is 3.59. The number of benzene rings is 1. The molecule has 0 atom stereocenters. The lowest BCUT2D eigenvalue weighted by Gasteiger charge is -2.28. The largest absolute Gasteiger partial charge is 0.352 e. The summed E-state index contributed by atoms with van der Waals surface area (Å²) in [4.78, 5) is 12.1. The maximum Gasteiger partial charge on any atom is 0.227 e. The van der Waals surface area contributed by atoms with Gasteiger partial charge in [-0.3, -0.25) is 4.79 Å². The zero-order chi connectivity index (χ0) is 13.6. The fourth-order valence-corrected chi connectivity index (χ4v) is 1.92. The van der Waals surface area contributed by atoms with Crippen LogP contribution in [0.5, 0.6) is 0 Å². The van der Waals surface area contributed by atoms with E-state index in [1.54, 1.807) is 12.1 Å². The first-order valence-corrected chi connectivity index (χ1v) is 6.30. The maximum atomic E-state index is 12.7. The lowest BCUT2D eigenvalue weighted by molar-refractivity contribution is -0.131. The van der Waals surface area contributed by atoms with Crippen LogP contribution in [0, 0.1) is 11.2 Å². The van der Waals surface area contributed by atoms with Gasteiger partial charge in [-0.2, -0.15) is 0 Å². The molecule has 0 spiro atoms.